The number of rotatable bonds is 5. The van der Waals surface area contributed by atoms with Gasteiger partial charge in [0, 0.05) is 11.4 Å². The Hall–Kier alpha value is -2.33. The predicted molar refractivity (Wildman–Crippen MR) is 106 cm³/mol. The summed E-state index contributed by atoms with van der Waals surface area (Å²) in [7, 11) is 0. The van der Waals surface area contributed by atoms with Gasteiger partial charge in [0.2, 0.25) is 5.91 Å². The van der Waals surface area contributed by atoms with Crippen molar-refractivity contribution >= 4 is 17.3 Å². The first kappa shape index (κ1) is 17.1. The van der Waals surface area contributed by atoms with Crippen LogP contribution in [0.2, 0.25) is 0 Å². The summed E-state index contributed by atoms with van der Waals surface area (Å²) >= 11 is 0. The van der Waals surface area contributed by atoms with Crippen molar-refractivity contribution in [3.05, 3.63) is 59.7 Å². The van der Waals surface area contributed by atoms with Crippen LogP contribution in [0.25, 0.3) is 0 Å². The number of para-hydroxylation sites is 1. The first-order valence-electron chi connectivity index (χ1n) is 9.83. The number of anilines is 2. The largest absolute Gasteiger partial charge is 0.360 e. The number of aryl methyl sites for hydroxylation is 2. The number of piperazine rings is 1. The zero-order valence-corrected chi connectivity index (χ0v) is 15.3. The molecule has 4 heteroatoms. The summed E-state index contributed by atoms with van der Waals surface area (Å²) in [5.41, 5.74) is 5.12. The molecule has 4 rings (SSSR count). The third-order valence-electron chi connectivity index (χ3n) is 5.68. The van der Waals surface area contributed by atoms with Crippen LogP contribution in [0.15, 0.2) is 48.5 Å². The van der Waals surface area contributed by atoms with Gasteiger partial charge in [-0.3, -0.25) is 4.79 Å². The lowest BCUT2D eigenvalue weighted by Gasteiger charge is -2.33. The van der Waals surface area contributed by atoms with Crippen LogP contribution in [0.1, 0.15) is 24.0 Å². The number of nitrogens with one attached hydrogen (secondary N) is 2. The molecular weight excluding hydrogens is 322 g/mol. The minimum Gasteiger partial charge on any atom is -0.360 e. The van der Waals surface area contributed by atoms with Gasteiger partial charge in [-0.1, -0.05) is 24.3 Å². The van der Waals surface area contributed by atoms with Crippen LogP contribution in [-0.4, -0.2) is 38.6 Å². The molecule has 0 saturated carbocycles. The molecule has 0 spiro atoms. The second kappa shape index (κ2) is 7.92. The van der Waals surface area contributed by atoms with E-state index in [4.69, 9.17) is 0 Å². The van der Waals surface area contributed by atoms with Crippen LogP contribution < -0.4 is 15.1 Å². The first-order valence-corrected chi connectivity index (χ1v) is 9.83. The third-order valence-corrected chi connectivity index (χ3v) is 5.68. The molecule has 1 amide bonds. The van der Waals surface area contributed by atoms with Gasteiger partial charge in [-0.15, -0.1) is 0 Å². The van der Waals surface area contributed by atoms with Crippen LogP contribution in [0.3, 0.4) is 0 Å². The Morgan fingerprint density at radius 1 is 1.00 bits per heavy atom. The SMILES string of the molecule is O=C(CC[NH+]1CCN(c2ccccc2)CC1)Nc1ccc2c(c1)CCC2. The summed E-state index contributed by atoms with van der Waals surface area (Å²) < 4.78 is 0. The number of fused-ring (bicyclic) bond motifs is 1. The number of nitrogens with zero attached hydrogens (tertiary/aromatic N) is 1. The molecule has 4 nitrogen and oxygen atoms in total. The van der Waals surface area contributed by atoms with Crippen LogP contribution >= 0.6 is 0 Å². The lowest BCUT2D eigenvalue weighted by molar-refractivity contribution is -0.900. The highest BCUT2D eigenvalue weighted by Gasteiger charge is 2.20. The highest BCUT2D eigenvalue weighted by atomic mass is 16.1. The van der Waals surface area contributed by atoms with E-state index in [0.29, 0.717) is 6.42 Å². The molecule has 2 aliphatic rings. The fraction of sp³-hybridized carbons (Fsp3) is 0.409. The number of quaternary nitrogens is 1. The van der Waals surface area contributed by atoms with E-state index in [1.165, 1.54) is 34.6 Å². The number of carbonyl (C=O) groups is 1. The third kappa shape index (κ3) is 4.07. The van der Waals surface area contributed by atoms with Gasteiger partial charge in [0.05, 0.1) is 39.1 Å². The summed E-state index contributed by atoms with van der Waals surface area (Å²) in [5.74, 6) is 0.140. The number of carbonyl (C=O) groups excluding carboxylic acids is 1. The number of amides is 1. The van der Waals surface area contributed by atoms with Gasteiger partial charge in [0.1, 0.15) is 0 Å². The van der Waals surface area contributed by atoms with Crippen LogP contribution in [-0.2, 0) is 17.6 Å². The van der Waals surface area contributed by atoms with Gasteiger partial charge in [-0.05, 0) is 54.7 Å². The van der Waals surface area contributed by atoms with Crippen molar-refractivity contribution in [1.82, 2.24) is 0 Å². The molecular formula is C22H28N3O+. The molecule has 26 heavy (non-hydrogen) atoms. The van der Waals surface area contributed by atoms with E-state index in [9.17, 15) is 4.79 Å². The topological polar surface area (TPSA) is 36.8 Å². The molecule has 1 saturated heterocycles. The smallest absolute Gasteiger partial charge is 0.230 e. The van der Waals surface area contributed by atoms with Crippen molar-refractivity contribution in [2.75, 3.05) is 42.9 Å². The summed E-state index contributed by atoms with van der Waals surface area (Å²) in [6.45, 7) is 5.24. The Morgan fingerprint density at radius 3 is 2.58 bits per heavy atom. The van der Waals surface area contributed by atoms with E-state index in [-0.39, 0.29) is 5.91 Å². The number of benzene rings is 2. The van der Waals surface area contributed by atoms with Crippen molar-refractivity contribution in [2.24, 2.45) is 0 Å². The predicted octanol–water partition coefficient (Wildman–Crippen LogP) is 1.91. The maximum absolute atomic E-state index is 12.3. The molecule has 2 N–H and O–H groups in total. The Kier molecular flexibility index (Phi) is 5.21. The van der Waals surface area contributed by atoms with Crippen molar-refractivity contribution in [3.8, 4) is 0 Å². The highest BCUT2D eigenvalue weighted by molar-refractivity contribution is 5.90. The van der Waals surface area contributed by atoms with Gasteiger partial charge < -0.3 is 15.1 Å². The van der Waals surface area contributed by atoms with Crippen molar-refractivity contribution in [1.29, 1.82) is 0 Å². The summed E-state index contributed by atoms with van der Waals surface area (Å²) in [6, 6.07) is 17.0. The van der Waals surface area contributed by atoms with E-state index in [1.54, 1.807) is 0 Å². The molecule has 0 unspecified atom stereocenters. The van der Waals surface area contributed by atoms with Crippen molar-refractivity contribution < 1.29 is 9.69 Å². The van der Waals surface area contributed by atoms with Crippen molar-refractivity contribution in [3.63, 3.8) is 0 Å². The van der Waals surface area contributed by atoms with Crippen LogP contribution in [0.4, 0.5) is 11.4 Å². The quantitative estimate of drug-likeness (QED) is 0.864. The lowest BCUT2D eigenvalue weighted by atomic mass is 10.1. The fourth-order valence-corrected chi connectivity index (χ4v) is 4.13. The van der Waals surface area contributed by atoms with Gasteiger partial charge >= 0.3 is 0 Å². The second-order valence-corrected chi connectivity index (χ2v) is 7.46. The maximum Gasteiger partial charge on any atom is 0.230 e. The molecule has 0 radical (unpaired) electrons. The summed E-state index contributed by atoms with van der Waals surface area (Å²) in [5, 5.41) is 3.08. The van der Waals surface area contributed by atoms with E-state index in [1.807, 2.05) is 6.07 Å². The Labute approximate surface area is 155 Å². The Balaban J connectivity index is 1.22. The van der Waals surface area contributed by atoms with Gasteiger partial charge in [0.25, 0.3) is 0 Å². The van der Waals surface area contributed by atoms with Gasteiger partial charge in [-0.25, -0.2) is 0 Å². The first-order chi connectivity index (χ1) is 12.8. The minimum atomic E-state index is 0.140. The van der Waals surface area contributed by atoms with Gasteiger partial charge in [0.15, 0.2) is 0 Å². The Morgan fingerprint density at radius 2 is 1.77 bits per heavy atom. The summed E-state index contributed by atoms with van der Waals surface area (Å²) in [6.07, 6.45) is 4.17. The van der Waals surface area contributed by atoms with E-state index in [2.05, 4.69) is 52.7 Å². The molecule has 0 atom stereocenters. The van der Waals surface area contributed by atoms with Crippen LogP contribution in [0, 0.1) is 0 Å². The normalized spacial score (nSPS) is 17.2. The molecule has 2 aromatic rings. The van der Waals surface area contributed by atoms with Crippen molar-refractivity contribution in [2.45, 2.75) is 25.7 Å². The van der Waals surface area contributed by atoms with Gasteiger partial charge in [-0.2, -0.15) is 0 Å². The highest BCUT2D eigenvalue weighted by Crippen LogP contribution is 2.24. The molecule has 1 aliphatic heterocycles. The maximum atomic E-state index is 12.3. The summed E-state index contributed by atoms with van der Waals surface area (Å²) in [4.78, 5) is 16.3. The Bertz CT molecular complexity index is 751. The molecule has 136 valence electrons. The van der Waals surface area contributed by atoms with E-state index in [0.717, 1.165) is 44.8 Å². The lowest BCUT2D eigenvalue weighted by Crippen LogP contribution is -3.15. The van der Waals surface area contributed by atoms with E-state index >= 15 is 0 Å². The zero-order valence-electron chi connectivity index (χ0n) is 15.3. The van der Waals surface area contributed by atoms with E-state index < -0.39 is 0 Å². The average molecular weight is 350 g/mol. The minimum absolute atomic E-state index is 0.140. The van der Waals surface area contributed by atoms with Crippen LogP contribution in [0.5, 0.6) is 0 Å². The standard InChI is InChI=1S/C22H27N3O/c26-22(23-20-10-9-18-5-4-6-19(18)17-20)11-12-24-13-15-25(16-14-24)21-7-2-1-3-8-21/h1-3,7-10,17H,4-6,11-16H2,(H,23,26)/p+1. The average Bonchev–Trinajstić information content (AvgIpc) is 3.15. The molecule has 0 bridgehead atoms. The zero-order chi connectivity index (χ0) is 17.8. The molecule has 0 aromatic heterocycles. The monoisotopic (exact) mass is 350 g/mol. The molecule has 1 aliphatic carbocycles. The fourth-order valence-electron chi connectivity index (χ4n) is 4.13. The molecule has 1 fully saturated rings. The second-order valence-electron chi connectivity index (χ2n) is 7.46. The number of hydrogen-bond acceptors (Lipinski definition) is 2. The molecule has 2 aromatic carbocycles. The number of hydrogen-bond donors (Lipinski definition) is 2. The molecule has 1 heterocycles.